The van der Waals surface area contributed by atoms with Gasteiger partial charge in [-0.2, -0.15) is 0 Å². The molecule has 0 fully saturated rings. The van der Waals surface area contributed by atoms with E-state index in [1.165, 1.54) is 27.8 Å². The summed E-state index contributed by atoms with van der Waals surface area (Å²) >= 11 is 0. The minimum absolute atomic E-state index is 0.378. The van der Waals surface area contributed by atoms with Crippen molar-refractivity contribution >= 4 is 0 Å². The molecule has 4 nitrogen and oxygen atoms in total. The molecule has 0 N–H and O–H groups in total. The number of fused-ring (bicyclic) bond motifs is 2. The number of benzene rings is 2. The van der Waals surface area contributed by atoms with Gasteiger partial charge in [0.15, 0.2) is 11.5 Å². The maximum atomic E-state index is 5.78. The van der Waals surface area contributed by atoms with Gasteiger partial charge in [-0.3, -0.25) is 4.90 Å². The fraction of sp³-hybridized carbons (Fsp3) is 0.400. The Morgan fingerprint density at radius 1 is 1.00 bits per heavy atom. The van der Waals surface area contributed by atoms with E-state index in [0.29, 0.717) is 6.04 Å². The predicted molar refractivity (Wildman–Crippen MR) is 94.3 cm³/mol. The van der Waals surface area contributed by atoms with Crippen molar-refractivity contribution in [2.24, 2.45) is 0 Å². The highest BCUT2D eigenvalue weighted by Gasteiger charge is 2.36. The lowest BCUT2D eigenvalue weighted by atomic mass is 9.76. The van der Waals surface area contributed by atoms with Gasteiger partial charge < -0.3 is 14.2 Å². The van der Waals surface area contributed by atoms with Crippen LogP contribution in [0.5, 0.6) is 17.2 Å². The van der Waals surface area contributed by atoms with E-state index in [-0.39, 0.29) is 0 Å². The van der Waals surface area contributed by atoms with Crippen molar-refractivity contribution in [2.45, 2.75) is 18.9 Å². The molecule has 1 heterocycles. The van der Waals surface area contributed by atoms with E-state index in [9.17, 15) is 0 Å². The lowest BCUT2D eigenvalue weighted by Gasteiger charge is -2.40. The first-order valence-electron chi connectivity index (χ1n) is 8.33. The molecule has 0 saturated heterocycles. The standard InChI is InChI=1S/C20H23NO3/c1-21-8-7-12-11-17(23-3)20(24-4)19-15-6-5-14(22-2)9-13(15)10-16(21)18(12)19/h5-6,9,11,16H,7-8,10H2,1-4H3. The number of rotatable bonds is 3. The molecule has 0 bridgehead atoms. The average Bonchev–Trinajstić information content (AvgIpc) is 2.63. The Morgan fingerprint density at radius 3 is 2.54 bits per heavy atom. The fourth-order valence-corrected chi connectivity index (χ4v) is 4.17. The van der Waals surface area contributed by atoms with Crippen molar-refractivity contribution < 1.29 is 14.2 Å². The number of ether oxygens (including phenoxy) is 3. The summed E-state index contributed by atoms with van der Waals surface area (Å²) < 4.78 is 16.8. The number of hydrogen-bond donors (Lipinski definition) is 0. The normalized spacial score (nSPS) is 18.6. The van der Waals surface area contributed by atoms with Crippen LogP contribution in [0.4, 0.5) is 0 Å². The molecule has 1 aliphatic carbocycles. The summed E-state index contributed by atoms with van der Waals surface area (Å²) in [6, 6.07) is 8.86. The summed E-state index contributed by atoms with van der Waals surface area (Å²) in [5.41, 5.74) is 6.51. The molecule has 2 aromatic carbocycles. The SMILES string of the molecule is COc1ccc2c(c1)CC1c3c(cc(OC)c(OC)c3-2)CCN1C. The second-order valence-electron chi connectivity index (χ2n) is 6.53. The first kappa shape index (κ1) is 15.3. The zero-order valence-corrected chi connectivity index (χ0v) is 14.7. The molecule has 0 saturated carbocycles. The molecule has 0 aromatic heterocycles. The summed E-state index contributed by atoms with van der Waals surface area (Å²) in [5.74, 6) is 2.55. The highest BCUT2D eigenvalue weighted by Crippen LogP contribution is 2.52. The van der Waals surface area contributed by atoms with Crippen LogP contribution in [-0.4, -0.2) is 39.8 Å². The lowest BCUT2D eigenvalue weighted by Crippen LogP contribution is -2.35. The molecule has 1 unspecified atom stereocenters. The molecule has 2 aliphatic rings. The van der Waals surface area contributed by atoms with Crippen LogP contribution in [0.1, 0.15) is 22.7 Å². The van der Waals surface area contributed by atoms with Crippen molar-refractivity contribution in [3.63, 3.8) is 0 Å². The first-order chi connectivity index (χ1) is 11.7. The minimum Gasteiger partial charge on any atom is -0.497 e. The molecule has 24 heavy (non-hydrogen) atoms. The summed E-state index contributed by atoms with van der Waals surface area (Å²) in [4.78, 5) is 2.44. The van der Waals surface area contributed by atoms with Crippen LogP contribution in [-0.2, 0) is 12.8 Å². The van der Waals surface area contributed by atoms with E-state index >= 15 is 0 Å². The summed E-state index contributed by atoms with van der Waals surface area (Å²) in [6.07, 6.45) is 2.04. The molecule has 1 atom stereocenters. The van der Waals surface area contributed by atoms with E-state index in [0.717, 1.165) is 36.6 Å². The Bertz CT molecular complexity index is 800. The van der Waals surface area contributed by atoms with Gasteiger partial charge in [0, 0.05) is 18.2 Å². The van der Waals surface area contributed by atoms with Crippen LogP contribution in [0.2, 0.25) is 0 Å². The Kier molecular flexibility index (Phi) is 3.65. The molecule has 1 aliphatic heterocycles. The molecule has 126 valence electrons. The van der Waals surface area contributed by atoms with Gasteiger partial charge in [0.25, 0.3) is 0 Å². The second kappa shape index (κ2) is 5.71. The zero-order chi connectivity index (χ0) is 16.8. The predicted octanol–water partition coefficient (Wildman–Crippen LogP) is 3.46. The van der Waals surface area contributed by atoms with Gasteiger partial charge >= 0.3 is 0 Å². The molecule has 0 amide bonds. The van der Waals surface area contributed by atoms with Crippen molar-refractivity contribution in [1.29, 1.82) is 0 Å². The van der Waals surface area contributed by atoms with Gasteiger partial charge in [0.2, 0.25) is 0 Å². The summed E-state index contributed by atoms with van der Waals surface area (Å²) in [7, 11) is 7.35. The van der Waals surface area contributed by atoms with Gasteiger partial charge in [0.1, 0.15) is 5.75 Å². The van der Waals surface area contributed by atoms with Crippen LogP contribution in [0.3, 0.4) is 0 Å². The smallest absolute Gasteiger partial charge is 0.168 e. The molecule has 2 aromatic rings. The van der Waals surface area contributed by atoms with Gasteiger partial charge in [-0.25, -0.2) is 0 Å². The maximum Gasteiger partial charge on any atom is 0.168 e. The van der Waals surface area contributed by atoms with Crippen molar-refractivity contribution in [3.8, 4) is 28.4 Å². The van der Waals surface area contributed by atoms with E-state index < -0.39 is 0 Å². The van der Waals surface area contributed by atoms with Gasteiger partial charge in [-0.15, -0.1) is 0 Å². The van der Waals surface area contributed by atoms with Crippen molar-refractivity contribution in [2.75, 3.05) is 34.9 Å². The molecule has 0 radical (unpaired) electrons. The van der Waals surface area contributed by atoms with Crippen LogP contribution in [0.15, 0.2) is 24.3 Å². The Balaban J connectivity index is 2.05. The third-order valence-corrected chi connectivity index (χ3v) is 5.39. The van der Waals surface area contributed by atoms with Gasteiger partial charge in [-0.05, 0) is 60.3 Å². The third kappa shape index (κ3) is 2.09. The number of likely N-dealkylation sites (N-methyl/N-ethyl adjacent to an activating group) is 1. The third-order valence-electron chi connectivity index (χ3n) is 5.39. The maximum absolute atomic E-state index is 5.78. The quantitative estimate of drug-likeness (QED) is 0.865. The average molecular weight is 325 g/mol. The van der Waals surface area contributed by atoms with Crippen LogP contribution in [0.25, 0.3) is 11.1 Å². The molecule has 0 spiro atoms. The number of nitrogens with zero attached hydrogens (tertiary/aromatic N) is 1. The second-order valence-corrected chi connectivity index (χ2v) is 6.53. The molecular formula is C20H23NO3. The Labute approximate surface area is 142 Å². The van der Waals surface area contributed by atoms with Gasteiger partial charge in [0.05, 0.1) is 21.3 Å². The molecule has 4 rings (SSSR count). The van der Waals surface area contributed by atoms with Crippen LogP contribution >= 0.6 is 0 Å². The molecule has 4 heteroatoms. The van der Waals surface area contributed by atoms with E-state index in [2.05, 4.69) is 30.1 Å². The highest BCUT2D eigenvalue weighted by molar-refractivity contribution is 5.84. The van der Waals surface area contributed by atoms with Crippen molar-refractivity contribution in [3.05, 3.63) is 41.0 Å². The first-order valence-corrected chi connectivity index (χ1v) is 8.33. The summed E-state index contributed by atoms with van der Waals surface area (Å²) in [5, 5.41) is 0. The van der Waals surface area contributed by atoms with E-state index in [4.69, 9.17) is 14.2 Å². The Morgan fingerprint density at radius 2 is 1.83 bits per heavy atom. The highest BCUT2D eigenvalue weighted by atomic mass is 16.5. The minimum atomic E-state index is 0.378. The van der Waals surface area contributed by atoms with Crippen molar-refractivity contribution in [1.82, 2.24) is 4.90 Å². The van der Waals surface area contributed by atoms with Crippen LogP contribution < -0.4 is 14.2 Å². The number of hydrogen-bond acceptors (Lipinski definition) is 4. The lowest BCUT2D eigenvalue weighted by molar-refractivity contribution is 0.226. The van der Waals surface area contributed by atoms with Gasteiger partial charge in [-0.1, -0.05) is 6.07 Å². The zero-order valence-electron chi connectivity index (χ0n) is 14.7. The van der Waals surface area contributed by atoms with E-state index in [1.807, 2.05) is 6.07 Å². The van der Waals surface area contributed by atoms with Crippen LogP contribution in [0, 0.1) is 0 Å². The summed E-state index contributed by atoms with van der Waals surface area (Å²) in [6.45, 7) is 1.06. The van der Waals surface area contributed by atoms with E-state index in [1.54, 1.807) is 21.3 Å². The fourth-order valence-electron chi connectivity index (χ4n) is 4.17. The topological polar surface area (TPSA) is 30.9 Å². The number of methoxy groups -OCH3 is 3. The largest absolute Gasteiger partial charge is 0.497 e. The monoisotopic (exact) mass is 325 g/mol. The molecular weight excluding hydrogens is 302 g/mol. The Hall–Kier alpha value is -2.20.